The lowest BCUT2D eigenvalue weighted by molar-refractivity contribution is 0.0987. The molecule has 0 saturated carbocycles. The quantitative estimate of drug-likeness (QED) is 0.391. The van der Waals surface area contributed by atoms with Crippen LogP contribution in [-0.4, -0.2) is 47.3 Å². The summed E-state index contributed by atoms with van der Waals surface area (Å²) in [5.74, 6) is -0.608. The van der Waals surface area contributed by atoms with Crippen LogP contribution in [0.3, 0.4) is 0 Å². The molecule has 0 aliphatic carbocycles. The zero-order chi connectivity index (χ0) is 26.5. The Bertz CT molecular complexity index is 1510. The molecule has 0 spiro atoms. The average Bonchev–Trinajstić information content (AvgIpc) is 3.34. The first-order valence-electron chi connectivity index (χ1n) is 11.2. The van der Waals surface area contributed by atoms with Crippen molar-refractivity contribution in [3.8, 4) is 17.5 Å². The summed E-state index contributed by atoms with van der Waals surface area (Å²) in [5.41, 5.74) is 3.56. The van der Waals surface area contributed by atoms with Gasteiger partial charge in [-0.25, -0.2) is 19.2 Å². The molecule has 188 valence electrons. The van der Waals surface area contributed by atoms with E-state index in [1.165, 1.54) is 37.3 Å². The number of rotatable bonds is 7. The number of hydrogen-bond donors (Lipinski definition) is 1. The molecule has 0 aliphatic heterocycles. The fraction of sp³-hybridized carbons (Fsp3) is 0.192. The van der Waals surface area contributed by atoms with E-state index in [2.05, 4.69) is 20.0 Å². The minimum absolute atomic E-state index is 0.00500. The number of pyridine rings is 1. The highest BCUT2D eigenvalue weighted by molar-refractivity contribution is 6.08. The fourth-order valence-electron chi connectivity index (χ4n) is 3.86. The van der Waals surface area contributed by atoms with Crippen LogP contribution in [-0.2, 0) is 4.74 Å². The standard InChI is InChI=1S/C26H23FN6O4/c1-16-11-17(25(34)32(10-4-9-28)18-5-7-20(27)22(13-18)36-2)12-21-24(16)30-15-33(21)19-6-8-23(29-14-19)31-26(35)37-3/h5-8,11-15H,4,10H2,1-3H3,(H,29,31,35). The summed E-state index contributed by atoms with van der Waals surface area (Å²) < 4.78 is 25.4. The van der Waals surface area contributed by atoms with Gasteiger partial charge in [0, 0.05) is 23.9 Å². The molecular formula is C26H23FN6O4. The van der Waals surface area contributed by atoms with Gasteiger partial charge in [-0.15, -0.1) is 0 Å². The van der Waals surface area contributed by atoms with Crippen LogP contribution < -0.4 is 15.0 Å². The fourth-order valence-corrected chi connectivity index (χ4v) is 3.86. The number of amides is 2. The van der Waals surface area contributed by atoms with Gasteiger partial charge in [0.1, 0.15) is 12.1 Å². The number of hydrogen-bond acceptors (Lipinski definition) is 7. The second-order valence-electron chi connectivity index (χ2n) is 7.98. The molecular weight excluding hydrogens is 479 g/mol. The number of carbonyl (C=O) groups excluding carboxylic acids is 2. The molecule has 2 amide bonds. The maximum absolute atomic E-state index is 14.0. The minimum Gasteiger partial charge on any atom is -0.494 e. The summed E-state index contributed by atoms with van der Waals surface area (Å²) in [6, 6.07) is 13.0. The van der Waals surface area contributed by atoms with Crippen LogP contribution in [0.2, 0.25) is 0 Å². The van der Waals surface area contributed by atoms with E-state index in [1.54, 1.807) is 41.4 Å². The number of fused-ring (bicyclic) bond motifs is 1. The van der Waals surface area contributed by atoms with Crippen LogP contribution in [0, 0.1) is 24.1 Å². The van der Waals surface area contributed by atoms with Crippen molar-refractivity contribution >= 4 is 34.5 Å². The number of ether oxygens (including phenoxy) is 2. The van der Waals surface area contributed by atoms with Crippen LogP contribution in [0.5, 0.6) is 5.75 Å². The van der Waals surface area contributed by atoms with Gasteiger partial charge in [0.2, 0.25) is 0 Å². The lowest BCUT2D eigenvalue weighted by atomic mass is 10.1. The topological polar surface area (TPSA) is 122 Å². The molecule has 2 aromatic carbocycles. The second kappa shape index (κ2) is 10.7. The van der Waals surface area contributed by atoms with Gasteiger partial charge in [0.05, 0.1) is 49.6 Å². The van der Waals surface area contributed by atoms with Gasteiger partial charge >= 0.3 is 6.09 Å². The van der Waals surface area contributed by atoms with Gasteiger partial charge in [-0.1, -0.05) is 0 Å². The highest BCUT2D eigenvalue weighted by atomic mass is 19.1. The summed E-state index contributed by atoms with van der Waals surface area (Å²) in [7, 11) is 2.60. The Morgan fingerprint density at radius 1 is 1.16 bits per heavy atom. The van der Waals surface area contributed by atoms with Gasteiger partial charge in [0.25, 0.3) is 5.91 Å². The first-order valence-corrected chi connectivity index (χ1v) is 11.2. The Balaban J connectivity index is 1.73. The number of aromatic nitrogens is 3. The monoisotopic (exact) mass is 502 g/mol. The number of nitriles is 1. The number of nitrogens with zero attached hydrogens (tertiary/aromatic N) is 5. The molecule has 10 nitrogen and oxygen atoms in total. The number of halogens is 1. The molecule has 0 unspecified atom stereocenters. The Kier molecular flexibility index (Phi) is 7.29. The predicted octanol–water partition coefficient (Wildman–Crippen LogP) is 4.62. The first kappa shape index (κ1) is 25.1. The molecule has 0 aliphatic rings. The van der Waals surface area contributed by atoms with Crippen molar-refractivity contribution in [1.82, 2.24) is 14.5 Å². The number of anilines is 2. The smallest absolute Gasteiger partial charge is 0.412 e. The van der Waals surface area contributed by atoms with Crippen LogP contribution in [0.25, 0.3) is 16.7 Å². The van der Waals surface area contributed by atoms with Gasteiger partial charge in [-0.05, 0) is 48.9 Å². The first-order chi connectivity index (χ1) is 17.9. The summed E-state index contributed by atoms with van der Waals surface area (Å²) in [6.07, 6.45) is 2.63. The van der Waals surface area contributed by atoms with E-state index in [4.69, 9.17) is 10.00 Å². The molecule has 4 rings (SSSR count). The normalized spacial score (nSPS) is 10.6. The van der Waals surface area contributed by atoms with Crippen molar-refractivity contribution in [2.45, 2.75) is 13.3 Å². The molecule has 0 saturated heterocycles. The SMILES string of the molecule is COC(=O)Nc1ccc(-n2cnc3c(C)cc(C(=O)N(CCC#N)c4ccc(F)c(OC)c4)cc32)cn1. The molecule has 0 radical (unpaired) electrons. The third-order valence-electron chi connectivity index (χ3n) is 5.67. The van der Waals surface area contributed by atoms with E-state index in [0.29, 0.717) is 33.8 Å². The molecule has 0 fully saturated rings. The molecule has 1 N–H and O–H groups in total. The third-order valence-corrected chi connectivity index (χ3v) is 5.67. The third kappa shape index (κ3) is 5.18. The van der Waals surface area contributed by atoms with Crippen LogP contribution in [0.15, 0.2) is 55.0 Å². The highest BCUT2D eigenvalue weighted by Crippen LogP contribution is 2.28. The van der Waals surface area contributed by atoms with Crippen molar-refractivity contribution in [1.29, 1.82) is 5.26 Å². The number of benzene rings is 2. The van der Waals surface area contributed by atoms with Crippen LogP contribution >= 0.6 is 0 Å². The van der Waals surface area contributed by atoms with Crippen molar-refractivity contribution in [2.24, 2.45) is 0 Å². The summed E-state index contributed by atoms with van der Waals surface area (Å²) in [5, 5.41) is 11.6. The summed E-state index contributed by atoms with van der Waals surface area (Å²) in [6.45, 7) is 1.96. The number of aryl methyl sites for hydroxylation is 1. The zero-order valence-corrected chi connectivity index (χ0v) is 20.4. The molecule has 2 heterocycles. The zero-order valence-electron chi connectivity index (χ0n) is 20.4. The van der Waals surface area contributed by atoms with Gasteiger partial charge in [-0.3, -0.25) is 14.7 Å². The van der Waals surface area contributed by atoms with Gasteiger partial charge < -0.3 is 14.4 Å². The van der Waals surface area contributed by atoms with E-state index < -0.39 is 11.9 Å². The molecule has 2 aromatic heterocycles. The molecule has 4 aromatic rings. The lowest BCUT2D eigenvalue weighted by Crippen LogP contribution is -2.32. The predicted molar refractivity (Wildman–Crippen MR) is 134 cm³/mol. The van der Waals surface area contributed by atoms with Crippen LogP contribution in [0.1, 0.15) is 22.3 Å². The highest BCUT2D eigenvalue weighted by Gasteiger charge is 2.21. The van der Waals surface area contributed by atoms with E-state index >= 15 is 0 Å². The van der Waals surface area contributed by atoms with E-state index in [0.717, 1.165) is 5.56 Å². The number of methoxy groups -OCH3 is 2. The molecule has 11 heteroatoms. The van der Waals surface area contributed by atoms with E-state index in [1.807, 2.05) is 13.0 Å². The van der Waals surface area contributed by atoms with Crippen molar-refractivity contribution in [3.05, 3.63) is 71.9 Å². The minimum atomic E-state index is -0.633. The Morgan fingerprint density at radius 2 is 1.97 bits per heavy atom. The summed E-state index contributed by atoms with van der Waals surface area (Å²) in [4.78, 5) is 35.2. The second-order valence-corrected chi connectivity index (χ2v) is 7.98. The Morgan fingerprint density at radius 3 is 2.65 bits per heavy atom. The largest absolute Gasteiger partial charge is 0.494 e. The van der Waals surface area contributed by atoms with Gasteiger partial charge in [0.15, 0.2) is 11.6 Å². The summed E-state index contributed by atoms with van der Waals surface area (Å²) >= 11 is 0. The number of imidazole rings is 1. The van der Waals surface area contributed by atoms with Crippen molar-refractivity contribution in [3.63, 3.8) is 0 Å². The Labute approximate surface area is 211 Å². The number of nitrogens with one attached hydrogen (secondary N) is 1. The maximum atomic E-state index is 14.0. The molecule has 37 heavy (non-hydrogen) atoms. The number of carbonyl (C=O) groups is 2. The lowest BCUT2D eigenvalue weighted by Gasteiger charge is -2.23. The van der Waals surface area contributed by atoms with E-state index in [-0.39, 0.29) is 24.6 Å². The maximum Gasteiger partial charge on any atom is 0.412 e. The van der Waals surface area contributed by atoms with Crippen molar-refractivity contribution in [2.75, 3.05) is 31.0 Å². The van der Waals surface area contributed by atoms with E-state index in [9.17, 15) is 14.0 Å². The van der Waals surface area contributed by atoms with Crippen LogP contribution in [0.4, 0.5) is 20.7 Å². The molecule has 0 atom stereocenters. The van der Waals surface area contributed by atoms with Gasteiger partial charge in [-0.2, -0.15) is 5.26 Å². The Hall–Kier alpha value is -4.98. The van der Waals surface area contributed by atoms with Crippen molar-refractivity contribution < 1.29 is 23.5 Å². The average molecular weight is 503 g/mol. The molecule has 0 bridgehead atoms.